The number of alkyl halides is 2. The number of hydrogen-bond donors (Lipinski definition) is 1. The second-order valence-corrected chi connectivity index (χ2v) is 2.95. The fourth-order valence-corrected chi connectivity index (χ4v) is 1.11. The Morgan fingerprint density at radius 1 is 1.62 bits per heavy atom. The predicted molar refractivity (Wildman–Crippen MR) is 49.3 cm³/mol. The molecule has 1 rings (SSSR count). The summed E-state index contributed by atoms with van der Waals surface area (Å²) in [6.45, 7) is 0. The molecule has 88 valence electrons. The molecule has 0 saturated heterocycles. The van der Waals surface area contributed by atoms with E-state index < -0.39 is 36.1 Å². The molecule has 0 fully saturated rings. The summed E-state index contributed by atoms with van der Waals surface area (Å²) >= 11 is 0. The minimum absolute atomic E-state index is 0.228. The van der Waals surface area contributed by atoms with Gasteiger partial charge in [0.1, 0.15) is 5.69 Å². The maximum Gasteiger partial charge on any atom is 0.310 e. The van der Waals surface area contributed by atoms with Gasteiger partial charge in [0.05, 0.1) is 13.5 Å². The zero-order valence-corrected chi connectivity index (χ0v) is 8.34. The molecule has 1 aromatic rings. The summed E-state index contributed by atoms with van der Waals surface area (Å²) < 4.78 is 42.3. The van der Waals surface area contributed by atoms with Gasteiger partial charge in [-0.3, -0.25) is 4.79 Å². The Labute approximate surface area is 89.2 Å². The highest BCUT2D eigenvalue weighted by molar-refractivity contribution is 5.72. The van der Waals surface area contributed by atoms with Gasteiger partial charge in [0.15, 0.2) is 11.6 Å². The SMILES string of the molecule is COC(=O)Cc1cc(F)c(N)nc1C(F)F. The topological polar surface area (TPSA) is 65.2 Å². The number of nitrogens with zero attached hydrogens (tertiary/aromatic N) is 1. The number of halogens is 3. The van der Waals surface area contributed by atoms with Crippen molar-refractivity contribution in [2.45, 2.75) is 12.8 Å². The number of carbonyl (C=O) groups excluding carboxylic acids is 1. The molecule has 0 aliphatic carbocycles. The minimum Gasteiger partial charge on any atom is -0.469 e. The Morgan fingerprint density at radius 2 is 2.25 bits per heavy atom. The number of pyridine rings is 1. The second kappa shape index (κ2) is 4.82. The Hall–Kier alpha value is -1.79. The number of anilines is 1. The Morgan fingerprint density at radius 3 is 2.75 bits per heavy atom. The summed E-state index contributed by atoms with van der Waals surface area (Å²) in [5.41, 5.74) is 4.12. The monoisotopic (exact) mass is 234 g/mol. The van der Waals surface area contributed by atoms with Crippen molar-refractivity contribution in [3.8, 4) is 0 Å². The average molecular weight is 234 g/mol. The maximum atomic E-state index is 13.0. The van der Waals surface area contributed by atoms with Gasteiger partial charge >= 0.3 is 5.97 Å². The number of methoxy groups -OCH3 is 1. The van der Waals surface area contributed by atoms with Crippen LogP contribution in [0.2, 0.25) is 0 Å². The lowest BCUT2D eigenvalue weighted by molar-refractivity contribution is -0.139. The van der Waals surface area contributed by atoms with E-state index in [1.165, 1.54) is 0 Å². The number of nitrogen functional groups attached to an aromatic ring is 1. The Balaban J connectivity index is 3.14. The molecule has 4 nitrogen and oxygen atoms in total. The molecule has 0 saturated carbocycles. The molecule has 16 heavy (non-hydrogen) atoms. The van der Waals surface area contributed by atoms with E-state index in [1.54, 1.807) is 0 Å². The van der Waals surface area contributed by atoms with Crippen LogP contribution in [0.25, 0.3) is 0 Å². The number of rotatable bonds is 3. The van der Waals surface area contributed by atoms with Gasteiger partial charge in [-0.25, -0.2) is 18.2 Å². The van der Waals surface area contributed by atoms with Gasteiger partial charge in [-0.15, -0.1) is 0 Å². The molecule has 0 aliphatic heterocycles. The van der Waals surface area contributed by atoms with Crippen molar-refractivity contribution in [1.29, 1.82) is 0 Å². The van der Waals surface area contributed by atoms with Crippen molar-refractivity contribution < 1.29 is 22.7 Å². The predicted octanol–water partition coefficient (Wildman–Crippen LogP) is 1.46. The lowest BCUT2D eigenvalue weighted by atomic mass is 10.1. The smallest absolute Gasteiger partial charge is 0.310 e. The van der Waals surface area contributed by atoms with Crippen molar-refractivity contribution in [1.82, 2.24) is 4.98 Å². The van der Waals surface area contributed by atoms with Crippen molar-refractivity contribution in [3.05, 3.63) is 23.1 Å². The van der Waals surface area contributed by atoms with Crippen LogP contribution < -0.4 is 5.73 Å². The number of esters is 1. The van der Waals surface area contributed by atoms with Crippen LogP contribution in [0.3, 0.4) is 0 Å². The van der Waals surface area contributed by atoms with Crippen molar-refractivity contribution in [2.75, 3.05) is 12.8 Å². The summed E-state index contributed by atoms with van der Waals surface area (Å²) in [5, 5.41) is 0. The van der Waals surface area contributed by atoms with E-state index in [4.69, 9.17) is 5.73 Å². The van der Waals surface area contributed by atoms with E-state index in [0.717, 1.165) is 13.2 Å². The molecule has 0 aromatic carbocycles. The first-order valence-electron chi connectivity index (χ1n) is 4.25. The van der Waals surface area contributed by atoms with Crippen LogP contribution >= 0.6 is 0 Å². The quantitative estimate of drug-likeness (QED) is 0.804. The van der Waals surface area contributed by atoms with Crippen LogP contribution in [-0.4, -0.2) is 18.1 Å². The molecule has 0 spiro atoms. The summed E-state index contributed by atoms with van der Waals surface area (Å²) in [4.78, 5) is 14.1. The number of aromatic nitrogens is 1. The zero-order chi connectivity index (χ0) is 12.3. The van der Waals surface area contributed by atoms with E-state index in [-0.39, 0.29) is 5.56 Å². The van der Waals surface area contributed by atoms with Crippen LogP contribution in [-0.2, 0) is 16.0 Å². The molecular formula is C9H9F3N2O2. The molecular weight excluding hydrogens is 225 g/mol. The third-order valence-electron chi connectivity index (χ3n) is 1.88. The lowest BCUT2D eigenvalue weighted by Crippen LogP contribution is -2.11. The second-order valence-electron chi connectivity index (χ2n) is 2.95. The standard InChI is InChI=1S/C9H9F3N2O2/c1-16-6(15)3-4-2-5(10)9(13)14-7(4)8(11)12/h2,8H,3H2,1H3,(H2,13,14). The van der Waals surface area contributed by atoms with Gasteiger partial charge in [0, 0.05) is 0 Å². The zero-order valence-electron chi connectivity index (χ0n) is 8.34. The van der Waals surface area contributed by atoms with Crippen LogP contribution in [0.5, 0.6) is 0 Å². The highest BCUT2D eigenvalue weighted by Crippen LogP contribution is 2.24. The Bertz CT molecular complexity index is 410. The van der Waals surface area contributed by atoms with Crippen LogP contribution in [0, 0.1) is 5.82 Å². The van der Waals surface area contributed by atoms with Crippen molar-refractivity contribution in [3.63, 3.8) is 0 Å². The first-order valence-corrected chi connectivity index (χ1v) is 4.25. The van der Waals surface area contributed by atoms with Gasteiger partial charge in [-0.1, -0.05) is 0 Å². The van der Waals surface area contributed by atoms with Gasteiger partial charge in [0.2, 0.25) is 0 Å². The molecule has 0 radical (unpaired) electrons. The molecule has 7 heteroatoms. The van der Waals surface area contributed by atoms with E-state index >= 15 is 0 Å². The summed E-state index contributed by atoms with van der Waals surface area (Å²) in [5.74, 6) is -2.32. The van der Waals surface area contributed by atoms with Crippen LogP contribution in [0.1, 0.15) is 17.7 Å². The van der Waals surface area contributed by atoms with Crippen molar-refractivity contribution >= 4 is 11.8 Å². The largest absolute Gasteiger partial charge is 0.469 e. The molecule has 1 heterocycles. The fraction of sp³-hybridized carbons (Fsp3) is 0.333. The Kier molecular flexibility index (Phi) is 3.70. The number of carbonyl (C=O) groups is 1. The van der Waals surface area contributed by atoms with Gasteiger partial charge in [-0.05, 0) is 11.6 Å². The number of ether oxygens (including phenoxy) is 1. The minimum atomic E-state index is -2.93. The molecule has 0 atom stereocenters. The third kappa shape index (κ3) is 2.62. The molecule has 2 N–H and O–H groups in total. The average Bonchev–Trinajstić information content (AvgIpc) is 2.22. The normalized spacial score (nSPS) is 10.6. The van der Waals surface area contributed by atoms with E-state index in [1.807, 2.05) is 0 Å². The molecule has 0 bridgehead atoms. The fourth-order valence-electron chi connectivity index (χ4n) is 1.11. The van der Waals surface area contributed by atoms with Crippen LogP contribution in [0.15, 0.2) is 6.07 Å². The molecule has 1 aromatic heterocycles. The lowest BCUT2D eigenvalue weighted by Gasteiger charge is -2.08. The highest BCUT2D eigenvalue weighted by atomic mass is 19.3. The third-order valence-corrected chi connectivity index (χ3v) is 1.88. The van der Waals surface area contributed by atoms with E-state index in [0.29, 0.717) is 0 Å². The maximum absolute atomic E-state index is 13.0. The molecule has 0 aliphatic rings. The van der Waals surface area contributed by atoms with E-state index in [9.17, 15) is 18.0 Å². The first kappa shape index (κ1) is 12.3. The van der Waals surface area contributed by atoms with E-state index in [2.05, 4.69) is 9.72 Å². The van der Waals surface area contributed by atoms with Crippen molar-refractivity contribution in [2.24, 2.45) is 0 Å². The molecule has 0 amide bonds. The van der Waals surface area contributed by atoms with Gasteiger partial charge in [0.25, 0.3) is 6.43 Å². The summed E-state index contributed by atoms with van der Waals surface area (Å²) in [6, 6.07) is 0.765. The number of nitrogens with two attached hydrogens (primary N) is 1. The van der Waals surface area contributed by atoms with Gasteiger partial charge in [-0.2, -0.15) is 0 Å². The molecule has 0 unspecified atom stereocenters. The van der Waals surface area contributed by atoms with Crippen LogP contribution in [0.4, 0.5) is 19.0 Å². The summed E-state index contributed by atoms with van der Waals surface area (Å²) in [7, 11) is 1.10. The first-order chi connectivity index (χ1) is 7.45. The highest BCUT2D eigenvalue weighted by Gasteiger charge is 2.20. The van der Waals surface area contributed by atoms with Gasteiger partial charge < -0.3 is 10.5 Å². The summed E-state index contributed by atoms with van der Waals surface area (Å²) in [6.07, 6.45) is -3.40. The number of hydrogen-bond acceptors (Lipinski definition) is 4.